The van der Waals surface area contributed by atoms with Crippen LogP contribution in [0, 0.1) is 0 Å². The van der Waals surface area contributed by atoms with E-state index in [-0.39, 0.29) is 16.9 Å². The molecule has 2 aromatic rings. The smallest absolute Gasteiger partial charge is 0.416 e. The van der Waals surface area contributed by atoms with Crippen LogP contribution in [0.2, 0.25) is 0 Å². The van der Waals surface area contributed by atoms with Crippen molar-refractivity contribution in [1.29, 1.82) is 0 Å². The Hall–Kier alpha value is -3.08. The molecule has 11 heteroatoms. The van der Waals surface area contributed by atoms with Crippen molar-refractivity contribution < 1.29 is 41.0 Å². The number of morpholine rings is 1. The molecule has 6 nitrogen and oxygen atoms in total. The Labute approximate surface area is 180 Å². The van der Waals surface area contributed by atoms with Crippen molar-refractivity contribution in [2.75, 3.05) is 38.3 Å². The summed E-state index contributed by atoms with van der Waals surface area (Å²) < 4.78 is 81.1. The van der Waals surface area contributed by atoms with Crippen molar-refractivity contribution in [2.45, 2.75) is 19.3 Å². The third-order valence-electron chi connectivity index (χ3n) is 4.86. The molecule has 0 unspecified atom stereocenters. The van der Waals surface area contributed by atoms with E-state index >= 15 is 0 Å². The number of rotatable bonds is 7. The van der Waals surface area contributed by atoms with Crippen LogP contribution in [0.15, 0.2) is 36.4 Å². The van der Waals surface area contributed by atoms with Crippen molar-refractivity contribution in [1.82, 2.24) is 5.32 Å². The van der Waals surface area contributed by atoms with Gasteiger partial charge in [-0.05, 0) is 29.8 Å². The Bertz CT molecular complexity index is 946. The topological polar surface area (TPSA) is 60.0 Å². The number of alkyl halides is 5. The number of hydrogen-bond donors (Lipinski definition) is 1. The molecular weight excluding hydrogens is 439 g/mol. The Kier molecular flexibility index (Phi) is 7.39. The van der Waals surface area contributed by atoms with Gasteiger partial charge in [0, 0.05) is 25.3 Å². The summed E-state index contributed by atoms with van der Waals surface area (Å²) in [6.07, 6.45) is -4.65. The number of carbonyl (C=O) groups excluding carboxylic acids is 1. The molecule has 0 aromatic heterocycles. The van der Waals surface area contributed by atoms with E-state index in [0.29, 0.717) is 32.0 Å². The molecule has 0 saturated carbocycles. The molecule has 1 amide bonds. The number of hydrogen-bond acceptors (Lipinski definition) is 5. The van der Waals surface area contributed by atoms with Gasteiger partial charge in [-0.1, -0.05) is 12.1 Å². The lowest BCUT2D eigenvalue weighted by Gasteiger charge is -2.29. The number of nitrogens with one attached hydrogen (secondary N) is 1. The van der Waals surface area contributed by atoms with Gasteiger partial charge in [0.2, 0.25) is 0 Å². The first-order valence-electron chi connectivity index (χ1n) is 9.63. The summed E-state index contributed by atoms with van der Waals surface area (Å²) in [7, 11) is 1.21. The van der Waals surface area contributed by atoms with Crippen LogP contribution in [-0.2, 0) is 17.5 Å². The Morgan fingerprint density at radius 1 is 1.19 bits per heavy atom. The molecule has 1 fully saturated rings. The van der Waals surface area contributed by atoms with Crippen LogP contribution in [0.1, 0.15) is 21.5 Å². The molecule has 1 heterocycles. The van der Waals surface area contributed by atoms with E-state index in [1.807, 2.05) is 0 Å². The van der Waals surface area contributed by atoms with Gasteiger partial charge in [0.15, 0.2) is 11.5 Å². The minimum absolute atomic E-state index is 0.108. The highest BCUT2D eigenvalue weighted by atomic mass is 19.4. The Morgan fingerprint density at radius 3 is 2.53 bits per heavy atom. The zero-order valence-electron chi connectivity index (χ0n) is 17.0. The number of anilines is 1. The summed E-state index contributed by atoms with van der Waals surface area (Å²) in [5, 5.41) is 2.34. The number of halogens is 5. The zero-order valence-corrected chi connectivity index (χ0v) is 17.0. The van der Waals surface area contributed by atoms with Gasteiger partial charge < -0.3 is 24.4 Å². The van der Waals surface area contributed by atoms with Gasteiger partial charge in [-0.15, -0.1) is 0 Å². The van der Waals surface area contributed by atoms with E-state index in [4.69, 9.17) is 9.47 Å². The SMILES string of the molecule is COc1cccc(C(=O)NCc2ccc(N3CCOCC3)cc2C(F)(F)F)c1OC(F)F. The molecule has 1 saturated heterocycles. The second-order valence-electron chi connectivity index (χ2n) is 6.84. The van der Waals surface area contributed by atoms with Crippen LogP contribution in [0.5, 0.6) is 11.5 Å². The minimum Gasteiger partial charge on any atom is -0.493 e. The highest BCUT2D eigenvalue weighted by Gasteiger charge is 2.34. The van der Waals surface area contributed by atoms with Crippen molar-refractivity contribution >= 4 is 11.6 Å². The third-order valence-corrected chi connectivity index (χ3v) is 4.86. The second kappa shape index (κ2) is 10.0. The Balaban J connectivity index is 1.83. The third kappa shape index (κ3) is 5.58. The van der Waals surface area contributed by atoms with Crippen LogP contribution < -0.4 is 19.7 Å². The number of nitrogens with zero attached hydrogens (tertiary/aromatic N) is 1. The van der Waals surface area contributed by atoms with Crippen LogP contribution >= 0.6 is 0 Å². The van der Waals surface area contributed by atoms with E-state index in [1.165, 1.54) is 31.4 Å². The van der Waals surface area contributed by atoms with Crippen molar-refractivity contribution in [2.24, 2.45) is 0 Å². The molecule has 3 rings (SSSR count). The molecule has 2 aromatic carbocycles. The number of methoxy groups -OCH3 is 1. The summed E-state index contributed by atoms with van der Waals surface area (Å²) in [6, 6.07) is 7.77. The van der Waals surface area contributed by atoms with E-state index in [0.717, 1.165) is 6.07 Å². The molecule has 174 valence electrons. The number of para-hydroxylation sites is 1. The second-order valence-corrected chi connectivity index (χ2v) is 6.84. The molecule has 0 atom stereocenters. The first kappa shape index (κ1) is 23.6. The first-order chi connectivity index (χ1) is 15.2. The van der Waals surface area contributed by atoms with Gasteiger partial charge in [-0.25, -0.2) is 0 Å². The van der Waals surface area contributed by atoms with E-state index in [1.54, 1.807) is 11.0 Å². The number of amides is 1. The van der Waals surface area contributed by atoms with Crippen LogP contribution in [0.4, 0.5) is 27.6 Å². The van der Waals surface area contributed by atoms with Crippen molar-refractivity contribution in [3.05, 3.63) is 53.1 Å². The van der Waals surface area contributed by atoms with Crippen LogP contribution in [-0.4, -0.2) is 45.9 Å². The van der Waals surface area contributed by atoms with E-state index in [9.17, 15) is 26.7 Å². The van der Waals surface area contributed by atoms with Gasteiger partial charge in [0.1, 0.15) is 0 Å². The molecule has 0 radical (unpaired) electrons. The first-order valence-corrected chi connectivity index (χ1v) is 9.63. The number of ether oxygens (including phenoxy) is 3. The van der Waals surface area contributed by atoms with Crippen LogP contribution in [0.25, 0.3) is 0 Å². The maximum atomic E-state index is 13.7. The van der Waals surface area contributed by atoms with E-state index in [2.05, 4.69) is 10.1 Å². The van der Waals surface area contributed by atoms with Gasteiger partial charge in [0.05, 0.1) is 31.5 Å². The maximum absolute atomic E-state index is 13.7. The molecule has 32 heavy (non-hydrogen) atoms. The molecule has 1 N–H and O–H groups in total. The van der Waals surface area contributed by atoms with E-state index < -0.39 is 36.6 Å². The largest absolute Gasteiger partial charge is 0.493 e. The monoisotopic (exact) mass is 460 g/mol. The summed E-state index contributed by atoms with van der Waals surface area (Å²) >= 11 is 0. The lowest BCUT2D eigenvalue weighted by molar-refractivity contribution is -0.138. The van der Waals surface area contributed by atoms with Gasteiger partial charge >= 0.3 is 12.8 Å². The lowest BCUT2D eigenvalue weighted by Crippen LogP contribution is -2.36. The fraction of sp³-hybridized carbons (Fsp3) is 0.381. The van der Waals surface area contributed by atoms with Crippen molar-refractivity contribution in [3.63, 3.8) is 0 Å². The predicted molar refractivity (Wildman–Crippen MR) is 105 cm³/mol. The summed E-state index contributed by atoms with van der Waals surface area (Å²) in [5.74, 6) is -1.49. The van der Waals surface area contributed by atoms with Crippen molar-refractivity contribution in [3.8, 4) is 11.5 Å². The molecule has 0 spiro atoms. The lowest BCUT2D eigenvalue weighted by atomic mass is 10.0. The average Bonchev–Trinajstić information content (AvgIpc) is 2.77. The summed E-state index contributed by atoms with van der Waals surface area (Å²) in [5.41, 5.74) is -0.946. The maximum Gasteiger partial charge on any atom is 0.416 e. The molecular formula is C21H21F5N2O4. The molecule has 1 aliphatic rings. The number of benzene rings is 2. The van der Waals surface area contributed by atoms with Gasteiger partial charge in [0.25, 0.3) is 5.91 Å². The fourth-order valence-electron chi connectivity index (χ4n) is 3.34. The minimum atomic E-state index is -4.65. The average molecular weight is 460 g/mol. The molecule has 1 aliphatic heterocycles. The quantitative estimate of drug-likeness (QED) is 0.631. The standard InChI is InChI=1S/C21H21F5N2O4/c1-30-17-4-2-3-15(18(17)32-20(22)23)19(29)27-12-13-5-6-14(11-16(13)21(24,25)26)28-7-9-31-10-8-28/h2-6,11,20H,7-10,12H2,1H3,(H,27,29). The predicted octanol–water partition coefficient (Wildman–Crippen LogP) is 4.08. The summed E-state index contributed by atoms with van der Waals surface area (Å²) in [4.78, 5) is 14.4. The molecule has 0 aliphatic carbocycles. The normalized spacial score (nSPS) is 14.4. The highest BCUT2D eigenvalue weighted by molar-refractivity contribution is 5.97. The highest BCUT2D eigenvalue weighted by Crippen LogP contribution is 2.36. The zero-order chi connectivity index (χ0) is 23.3. The van der Waals surface area contributed by atoms with Gasteiger partial charge in [-0.3, -0.25) is 4.79 Å². The Morgan fingerprint density at radius 2 is 1.91 bits per heavy atom. The molecule has 0 bridgehead atoms. The van der Waals surface area contributed by atoms with Gasteiger partial charge in [-0.2, -0.15) is 22.0 Å². The van der Waals surface area contributed by atoms with Crippen LogP contribution in [0.3, 0.4) is 0 Å². The summed E-state index contributed by atoms with van der Waals surface area (Å²) in [6.45, 7) is -1.91. The number of carbonyl (C=O) groups is 1. The fourth-order valence-corrected chi connectivity index (χ4v) is 3.34.